The lowest BCUT2D eigenvalue weighted by Crippen LogP contribution is -2.17. The maximum Gasteiger partial charge on any atom is 0.271 e. The molecule has 0 aromatic heterocycles. The van der Waals surface area contributed by atoms with Crippen molar-refractivity contribution >= 4 is 44.0 Å². The summed E-state index contributed by atoms with van der Waals surface area (Å²) in [6, 6.07) is 11.8. The zero-order valence-corrected chi connectivity index (χ0v) is 13.3. The van der Waals surface area contributed by atoms with Crippen LogP contribution in [0.25, 0.3) is 0 Å². The van der Waals surface area contributed by atoms with Gasteiger partial charge in [0.1, 0.15) is 5.75 Å². The molecule has 4 nitrogen and oxygen atoms in total. The van der Waals surface area contributed by atoms with Crippen LogP contribution in [0.1, 0.15) is 15.9 Å². The van der Waals surface area contributed by atoms with Crippen molar-refractivity contribution in [2.24, 2.45) is 5.10 Å². The number of amides is 1. The molecule has 0 saturated heterocycles. The minimum atomic E-state index is -0.307. The SMILES string of the molecule is O=C(N/N=C\c1cc(O)ccc1Br)c1cccc(Br)c1. The van der Waals surface area contributed by atoms with Crippen LogP contribution < -0.4 is 5.43 Å². The van der Waals surface area contributed by atoms with E-state index in [0.717, 1.165) is 8.95 Å². The molecule has 2 N–H and O–H groups in total. The first kappa shape index (κ1) is 14.7. The van der Waals surface area contributed by atoms with Crippen LogP contribution >= 0.6 is 31.9 Å². The van der Waals surface area contributed by atoms with E-state index in [4.69, 9.17) is 0 Å². The summed E-state index contributed by atoms with van der Waals surface area (Å²) >= 11 is 6.63. The van der Waals surface area contributed by atoms with Gasteiger partial charge in [-0.1, -0.05) is 37.9 Å². The molecular weight excluding hydrogens is 388 g/mol. The van der Waals surface area contributed by atoms with Crippen molar-refractivity contribution in [3.05, 3.63) is 62.5 Å². The summed E-state index contributed by atoms with van der Waals surface area (Å²) in [4.78, 5) is 11.8. The van der Waals surface area contributed by atoms with Crippen LogP contribution in [0.4, 0.5) is 0 Å². The molecule has 0 aliphatic rings. The van der Waals surface area contributed by atoms with Crippen molar-refractivity contribution in [2.75, 3.05) is 0 Å². The van der Waals surface area contributed by atoms with Crippen molar-refractivity contribution in [1.29, 1.82) is 0 Å². The van der Waals surface area contributed by atoms with Crippen LogP contribution in [-0.2, 0) is 0 Å². The lowest BCUT2D eigenvalue weighted by molar-refractivity contribution is 0.0955. The first-order valence-electron chi connectivity index (χ1n) is 5.64. The van der Waals surface area contributed by atoms with Crippen LogP contribution in [0.15, 0.2) is 56.5 Å². The summed E-state index contributed by atoms with van der Waals surface area (Å²) in [7, 11) is 0. The molecule has 0 bridgehead atoms. The minimum absolute atomic E-state index is 0.132. The van der Waals surface area contributed by atoms with Crippen LogP contribution in [-0.4, -0.2) is 17.2 Å². The molecule has 0 spiro atoms. The van der Waals surface area contributed by atoms with E-state index in [2.05, 4.69) is 42.4 Å². The fourth-order valence-corrected chi connectivity index (χ4v) is 2.23. The molecule has 0 radical (unpaired) electrons. The Morgan fingerprint density at radius 2 is 2.00 bits per heavy atom. The maximum atomic E-state index is 11.8. The Morgan fingerprint density at radius 3 is 2.75 bits per heavy atom. The van der Waals surface area contributed by atoms with E-state index in [0.29, 0.717) is 11.1 Å². The maximum absolute atomic E-state index is 11.8. The molecule has 20 heavy (non-hydrogen) atoms. The summed E-state index contributed by atoms with van der Waals surface area (Å²) in [5.41, 5.74) is 3.60. The number of carbonyl (C=O) groups is 1. The summed E-state index contributed by atoms with van der Waals surface area (Å²) < 4.78 is 1.60. The number of nitrogens with zero attached hydrogens (tertiary/aromatic N) is 1. The molecule has 2 aromatic rings. The number of phenols is 1. The number of carbonyl (C=O) groups excluding carboxylic acids is 1. The Labute approximate surface area is 132 Å². The van der Waals surface area contributed by atoms with Gasteiger partial charge in [-0.3, -0.25) is 4.79 Å². The molecule has 102 valence electrons. The zero-order valence-electron chi connectivity index (χ0n) is 10.2. The van der Waals surface area contributed by atoms with Gasteiger partial charge in [-0.05, 0) is 36.4 Å². The Kier molecular flexibility index (Phi) is 4.92. The van der Waals surface area contributed by atoms with Gasteiger partial charge in [-0.15, -0.1) is 0 Å². The minimum Gasteiger partial charge on any atom is -0.508 e. The predicted octanol–water partition coefficient (Wildman–Crippen LogP) is 3.68. The van der Waals surface area contributed by atoms with Gasteiger partial charge in [-0.2, -0.15) is 5.10 Å². The van der Waals surface area contributed by atoms with Crippen molar-refractivity contribution in [2.45, 2.75) is 0 Å². The molecule has 0 aliphatic carbocycles. The quantitative estimate of drug-likeness (QED) is 0.612. The van der Waals surface area contributed by atoms with Gasteiger partial charge in [0.2, 0.25) is 0 Å². The van der Waals surface area contributed by atoms with E-state index in [1.54, 1.807) is 36.4 Å². The third-order valence-electron chi connectivity index (χ3n) is 2.44. The van der Waals surface area contributed by atoms with Gasteiger partial charge in [0.15, 0.2) is 0 Å². The van der Waals surface area contributed by atoms with Gasteiger partial charge in [0.25, 0.3) is 5.91 Å². The smallest absolute Gasteiger partial charge is 0.271 e. The van der Waals surface area contributed by atoms with Crippen molar-refractivity contribution in [3.8, 4) is 5.75 Å². The van der Waals surface area contributed by atoms with E-state index >= 15 is 0 Å². The number of phenolic OH excluding ortho intramolecular Hbond substituents is 1. The number of rotatable bonds is 3. The number of aromatic hydroxyl groups is 1. The van der Waals surface area contributed by atoms with Crippen LogP contribution in [0.3, 0.4) is 0 Å². The average Bonchev–Trinajstić information content (AvgIpc) is 2.42. The molecule has 2 aromatic carbocycles. The van der Waals surface area contributed by atoms with E-state index < -0.39 is 0 Å². The van der Waals surface area contributed by atoms with Crippen molar-refractivity contribution in [1.82, 2.24) is 5.43 Å². The fraction of sp³-hybridized carbons (Fsp3) is 0. The second kappa shape index (κ2) is 6.67. The Hall–Kier alpha value is -1.66. The first-order valence-corrected chi connectivity index (χ1v) is 7.22. The van der Waals surface area contributed by atoms with Crippen molar-refractivity contribution < 1.29 is 9.90 Å². The Balaban J connectivity index is 2.06. The summed E-state index contributed by atoms with van der Waals surface area (Å²) in [5, 5.41) is 13.2. The van der Waals surface area contributed by atoms with E-state index in [1.165, 1.54) is 6.21 Å². The predicted molar refractivity (Wildman–Crippen MR) is 85.0 cm³/mol. The van der Waals surface area contributed by atoms with Gasteiger partial charge in [0, 0.05) is 20.1 Å². The van der Waals surface area contributed by atoms with E-state index in [9.17, 15) is 9.90 Å². The lowest BCUT2D eigenvalue weighted by atomic mass is 10.2. The number of halogens is 2. The van der Waals surface area contributed by atoms with Crippen LogP contribution in [0.2, 0.25) is 0 Å². The number of benzene rings is 2. The van der Waals surface area contributed by atoms with Crippen molar-refractivity contribution in [3.63, 3.8) is 0 Å². The molecule has 0 fully saturated rings. The molecule has 0 atom stereocenters. The molecule has 0 heterocycles. The summed E-state index contributed by atoms with van der Waals surface area (Å²) in [6.07, 6.45) is 1.46. The second-order valence-electron chi connectivity index (χ2n) is 3.92. The van der Waals surface area contributed by atoms with E-state index in [1.807, 2.05) is 6.07 Å². The molecule has 0 aliphatic heterocycles. The highest BCUT2D eigenvalue weighted by Gasteiger charge is 2.04. The van der Waals surface area contributed by atoms with Crippen LogP contribution in [0.5, 0.6) is 5.75 Å². The highest BCUT2D eigenvalue weighted by molar-refractivity contribution is 9.10. The number of nitrogens with one attached hydrogen (secondary N) is 1. The normalized spacial score (nSPS) is 10.7. The lowest BCUT2D eigenvalue weighted by Gasteiger charge is -2.01. The molecule has 0 saturated carbocycles. The zero-order chi connectivity index (χ0) is 14.5. The van der Waals surface area contributed by atoms with Gasteiger partial charge < -0.3 is 5.11 Å². The van der Waals surface area contributed by atoms with Gasteiger partial charge in [-0.25, -0.2) is 5.43 Å². The summed E-state index contributed by atoms with van der Waals surface area (Å²) in [5.74, 6) is -0.174. The molecule has 6 heteroatoms. The van der Waals surface area contributed by atoms with E-state index in [-0.39, 0.29) is 11.7 Å². The number of hydrogen-bond donors (Lipinski definition) is 2. The first-order chi connectivity index (χ1) is 9.56. The van der Waals surface area contributed by atoms with Crippen LogP contribution in [0, 0.1) is 0 Å². The number of hydrazone groups is 1. The highest BCUT2D eigenvalue weighted by Crippen LogP contribution is 2.19. The van der Waals surface area contributed by atoms with Gasteiger partial charge >= 0.3 is 0 Å². The molecule has 1 amide bonds. The number of hydrogen-bond acceptors (Lipinski definition) is 3. The van der Waals surface area contributed by atoms with Gasteiger partial charge in [0.05, 0.1) is 6.21 Å². The Bertz CT molecular complexity index is 672. The molecular formula is C14H10Br2N2O2. The molecule has 0 unspecified atom stereocenters. The monoisotopic (exact) mass is 396 g/mol. The average molecular weight is 398 g/mol. The third kappa shape index (κ3) is 3.91. The largest absolute Gasteiger partial charge is 0.508 e. The molecule has 2 rings (SSSR count). The second-order valence-corrected chi connectivity index (χ2v) is 5.69. The topological polar surface area (TPSA) is 61.7 Å². The fourth-order valence-electron chi connectivity index (χ4n) is 1.48. The Morgan fingerprint density at radius 1 is 1.20 bits per heavy atom. The standard InChI is InChI=1S/C14H10Br2N2O2/c15-11-3-1-2-9(6-11)14(20)18-17-8-10-7-12(19)4-5-13(10)16/h1-8,19H,(H,18,20)/b17-8-. The third-order valence-corrected chi connectivity index (χ3v) is 3.65. The highest BCUT2D eigenvalue weighted by atomic mass is 79.9. The summed E-state index contributed by atoms with van der Waals surface area (Å²) in [6.45, 7) is 0.